The van der Waals surface area contributed by atoms with E-state index in [0.717, 1.165) is 37.1 Å². The molecule has 0 saturated carbocycles. The maximum atomic E-state index is 13.1. The number of hydrogen-bond acceptors (Lipinski definition) is 7. The number of hydrogen-bond donors (Lipinski definition) is 2. The summed E-state index contributed by atoms with van der Waals surface area (Å²) in [6.07, 6.45) is 6.84. The van der Waals surface area contributed by atoms with Crippen molar-refractivity contribution < 1.29 is 9.13 Å². The van der Waals surface area contributed by atoms with E-state index in [9.17, 15) is 9.65 Å². The van der Waals surface area contributed by atoms with Gasteiger partial charge in [0, 0.05) is 30.6 Å². The van der Waals surface area contributed by atoms with Crippen molar-refractivity contribution in [1.29, 1.82) is 5.26 Å². The maximum Gasteiger partial charge on any atom is 0.227 e. The highest BCUT2D eigenvalue weighted by Gasteiger charge is 2.17. The molecule has 7 nitrogen and oxygen atoms in total. The van der Waals surface area contributed by atoms with E-state index in [1.165, 1.54) is 12.1 Å². The Labute approximate surface area is 167 Å². The maximum absolute atomic E-state index is 13.1. The largest absolute Gasteiger partial charge is 0.486 e. The van der Waals surface area contributed by atoms with Gasteiger partial charge in [0.25, 0.3) is 0 Å². The fourth-order valence-electron chi connectivity index (χ4n) is 3.10. The minimum Gasteiger partial charge on any atom is -0.486 e. The molecule has 29 heavy (non-hydrogen) atoms. The van der Waals surface area contributed by atoms with Crippen LogP contribution in [-0.4, -0.2) is 34.1 Å². The third-order valence-corrected chi connectivity index (χ3v) is 4.59. The van der Waals surface area contributed by atoms with Gasteiger partial charge in [0.2, 0.25) is 5.95 Å². The van der Waals surface area contributed by atoms with Gasteiger partial charge in [0.1, 0.15) is 18.0 Å². The molecule has 3 aromatic rings. The molecule has 0 radical (unpaired) electrons. The van der Waals surface area contributed by atoms with Gasteiger partial charge in [-0.2, -0.15) is 5.26 Å². The molecule has 1 aliphatic rings. The molecule has 1 aliphatic heterocycles. The number of aromatic nitrogens is 3. The summed E-state index contributed by atoms with van der Waals surface area (Å²) in [7, 11) is 0. The highest BCUT2D eigenvalue weighted by atomic mass is 19.1. The van der Waals surface area contributed by atoms with E-state index in [4.69, 9.17) is 4.74 Å². The number of rotatable bonds is 5. The Morgan fingerprint density at radius 1 is 1.10 bits per heavy atom. The third kappa shape index (κ3) is 4.65. The molecule has 4 rings (SSSR count). The molecule has 0 amide bonds. The molecule has 2 N–H and O–H groups in total. The summed E-state index contributed by atoms with van der Waals surface area (Å²) in [5.41, 5.74) is 2.48. The number of nitrogens with zero attached hydrogens (tertiary/aromatic N) is 4. The van der Waals surface area contributed by atoms with Crippen LogP contribution in [0.2, 0.25) is 0 Å². The van der Waals surface area contributed by atoms with Gasteiger partial charge in [0.05, 0.1) is 11.9 Å². The second-order valence-corrected chi connectivity index (χ2v) is 6.70. The lowest BCUT2D eigenvalue weighted by molar-refractivity contribution is 0.166. The van der Waals surface area contributed by atoms with E-state index in [1.807, 2.05) is 0 Å². The highest BCUT2D eigenvalue weighted by molar-refractivity contribution is 5.63. The third-order valence-electron chi connectivity index (χ3n) is 4.59. The van der Waals surface area contributed by atoms with Crippen LogP contribution in [0.15, 0.2) is 48.9 Å². The van der Waals surface area contributed by atoms with Crippen molar-refractivity contribution in [2.24, 2.45) is 0 Å². The van der Waals surface area contributed by atoms with Gasteiger partial charge in [-0.1, -0.05) is 12.1 Å². The van der Waals surface area contributed by atoms with E-state index in [0.29, 0.717) is 17.4 Å². The summed E-state index contributed by atoms with van der Waals surface area (Å²) in [6.45, 7) is 1.73. The van der Waals surface area contributed by atoms with Gasteiger partial charge in [-0.15, -0.1) is 0 Å². The first-order chi connectivity index (χ1) is 14.2. The minimum absolute atomic E-state index is 0.0131. The summed E-state index contributed by atoms with van der Waals surface area (Å²) >= 11 is 0. The minimum atomic E-state index is -0.289. The topological polar surface area (TPSA) is 95.8 Å². The van der Waals surface area contributed by atoms with E-state index in [1.54, 1.807) is 36.8 Å². The van der Waals surface area contributed by atoms with Crippen LogP contribution < -0.4 is 15.4 Å². The molecule has 146 valence electrons. The van der Waals surface area contributed by atoms with E-state index in [2.05, 4.69) is 31.7 Å². The number of piperidine rings is 1. The van der Waals surface area contributed by atoms with Crippen molar-refractivity contribution >= 4 is 11.6 Å². The second-order valence-electron chi connectivity index (χ2n) is 6.70. The van der Waals surface area contributed by atoms with Gasteiger partial charge in [-0.3, -0.25) is 0 Å². The van der Waals surface area contributed by atoms with Crippen molar-refractivity contribution in [2.75, 3.05) is 18.4 Å². The lowest BCUT2D eigenvalue weighted by Gasteiger charge is -2.24. The zero-order chi connectivity index (χ0) is 20.1. The van der Waals surface area contributed by atoms with Crippen molar-refractivity contribution in [3.63, 3.8) is 0 Å². The summed E-state index contributed by atoms with van der Waals surface area (Å²) in [4.78, 5) is 12.8. The normalized spacial score (nSPS) is 16.1. The van der Waals surface area contributed by atoms with Gasteiger partial charge in [-0.05, 0) is 37.1 Å². The second kappa shape index (κ2) is 8.63. The van der Waals surface area contributed by atoms with Crippen molar-refractivity contribution in [2.45, 2.75) is 18.9 Å². The number of anilines is 2. The molecular weight excluding hydrogens is 371 g/mol. The van der Waals surface area contributed by atoms with E-state index in [-0.39, 0.29) is 17.6 Å². The van der Waals surface area contributed by atoms with Gasteiger partial charge < -0.3 is 15.4 Å². The van der Waals surface area contributed by atoms with E-state index < -0.39 is 0 Å². The average molecular weight is 390 g/mol. The van der Waals surface area contributed by atoms with Gasteiger partial charge >= 0.3 is 0 Å². The zero-order valence-electron chi connectivity index (χ0n) is 15.6. The average Bonchev–Trinajstić information content (AvgIpc) is 2.76. The van der Waals surface area contributed by atoms with Crippen LogP contribution in [0.25, 0.3) is 11.1 Å². The highest BCUT2D eigenvalue weighted by Crippen LogP contribution is 2.25. The standard InChI is InChI=1S/C21H19FN6O/c22-16-5-3-14(4-6-16)15-10-26-21(27-11-15)28-17-8-20(19(9-23)25-12-17)29-18-2-1-7-24-13-18/h3-6,8,10-12,18,24H,1-2,7,13H2,(H,26,27,28). The van der Waals surface area contributed by atoms with Crippen LogP contribution in [0, 0.1) is 17.1 Å². The SMILES string of the molecule is N#Cc1ncc(Nc2ncc(-c3ccc(F)cc3)cn2)cc1OC1CCCNC1. The van der Waals surface area contributed by atoms with Crippen LogP contribution >= 0.6 is 0 Å². The Morgan fingerprint density at radius 3 is 2.59 bits per heavy atom. The monoisotopic (exact) mass is 390 g/mol. The van der Waals surface area contributed by atoms with Crippen LogP contribution in [0.4, 0.5) is 16.0 Å². The number of benzene rings is 1. The first kappa shape index (κ1) is 18.8. The molecule has 1 atom stereocenters. The number of nitriles is 1. The fourth-order valence-corrected chi connectivity index (χ4v) is 3.10. The summed E-state index contributed by atoms with van der Waals surface area (Å²) < 4.78 is 19.0. The van der Waals surface area contributed by atoms with Gasteiger partial charge in [0.15, 0.2) is 11.4 Å². The summed E-state index contributed by atoms with van der Waals surface area (Å²) in [5.74, 6) is 0.532. The predicted molar refractivity (Wildman–Crippen MR) is 106 cm³/mol. The Morgan fingerprint density at radius 2 is 1.90 bits per heavy atom. The quantitative estimate of drug-likeness (QED) is 0.689. The van der Waals surface area contributed by atoms with Crippen molar-refractivity contribution in [1.82, 2.24) is 20.3 Å². The number of pyridine rings is 1. The molecule has 3 heterocycles. The summed E-state index contributed by atoms with van der Waals surface area (Å²) in [6, 6.07) is 9.94. The van der Waals surface area contributed by atoms with Crippen LogP contribution in [0.1, 0.15) is 18.5 Å². The van der Waals surface area contributed by atoms with Crippen molar-refractivity contribution in [3.05, 3.63) is 60.4 Å². The molecule has 1 aromatic carbocycles. The predicted octanol–water partition coefficient (Wildman–Crippen LogP) is 3.42. The number of halogens is 1. The first-order valence-electron chi connectivity index (χ1n) is 9.34. The van der Waals surface area contributed by atoms with Gasteiger partial charge in [-0.25, -0.2) is 19.3 Å². The number of ether oxygens (including phenoxy) is 1. The molecule has 1 fully saturated rings. The Hall–Kier alpha value is -3.57. The molecule has 2 aromatic heterocycles. The molecule has 0 spiro atoms. The molecular formula is C21H19FN6O. The fraction of sp³-hybridized carbons (Fsp3) is 0.238. The lowest BCUT2D eigenvalue weighted by atomic mass is 10.1. The number of nitrogens with one attached hydrogen (secondary N) is 2. The van der Waals surface area contributed by atoms with Crippen LogP contribution in [0.5, 0.6) is 5.75 Å². The molecule has 0 bridgehead atoms. The Balaban J connectivity index is 1.49. The first-order valence-corrected chi connectivity index (χ1v) is 9.34. The molecule has 8 heteroatoms. The zero-order valence-corrected chi connectivity index (χ0v) is 15.6. The summed E-state index contributed by atoms with van der Waals surface area (Å²) in [5, 5.41) is 15.7. The van der Waals surface area contributed by atoms with Crippen LogP contribution in [0.3, 0.4) is 0 Å². The Kier molecular flexibility index (Phi) is 5.59. The Bertz CT molecular complexity index is 1010. The molecule has 0 aliphatic carbocycles. The lowest BCUT2D eigenvalue weighted by Crippen LogP contribution is -2.37. The molecule has 1 saturated heterocycles. The smallest absolute Gasteiger partial charge is 0.227 e. The molecule has 1 unspecified atom stereocenters. The van der Waals surface area contributed by atoms with E-state index >= 15 is 0 Å². The van der Waals surface area contributed by atoms with Crippen LogP contribution in [-0.2, 0) is 0 Å². The van der Waals surface area contributed by atoms with Crippen molar-refractivity contribution in [3.8, 4) is 22.9 Å².